The number of halogens is 3. The van der Waals surface area contributed by atoms with Crippen molar-refractivity contribution in [1.29, 1.82) is 0 Å². The minimum atomic E-state index is -2.73. The summed E-state index contributed by atoms with van der Waals surface area (Å²) in [6.07, 6.45) is 9.32. The van der Waals surface area contributed by atoms with Gasteiger partial charge in [0.2, 0.25) is 6.41 Å². The lowest BCUT2D eigenvalue weighted by atomic mass is 9.90. The van der Waals surface area contributed by atoms with Gasteiger partial charge in [-0.25, -0.2) is 19.0 Å². The van der Waals surface area contributed by atoms with Gasteiger partial charge in [0.15, 0.2) is 11.5 Å². The highest BCUT2D eigenvalue weighted by Crippen LogP contribution is 2.39. The van der Waals surface area contributed by atoms with E-state index in [9.17, 15) is 18.4 Å². The van der Waals surface area contributed by atoms with E-state index < -0.39 is 18.1 Å². The summed E-state index contributed by atoms with van der Waals surface area (Å²) in [6.45, 7) is 7.86. The highest BCUT2D eigenvalue weighted by atomic mass is 35.5. The maximum atomic E-state index is 14.0. The molecule has 1 aliphatic heterocycles. The van der Waals surface area contributed by atoms with Crippen molar-refractivity contribution in [2.24, 2.45) is 16.1 Å². The molecule has 1 fully saturated rings. The standard InChI is InChI=1S/C28H29ClF2N8O2S.C5H12.C4H7NO/c1-28(20-8-5-17(6-9-20)19-12-34-38(13-19)26(30)31)25(40)39(27(32)35-28)24(15-41-4)18-7-10-22(29)21(11-18)23-14-37(16-33-23)42-36(2)3;1-5(2,3)4;6-3-5-4-1-2-4/h5-14,16,24,26H,15H2,1-4H3,(H2,32,35);1-4H3;3-4H,1-2H2,(H,5,6)/t24?,28-;;/m1../s1. The number of imidazole rings is 1. The molecule has 2 amide bonds. The number of benzene rings is 2. The Kier molecular flexibility index (Phi) is 13.8. The number of nitrogens with one attached hydrogen (secondary N) is 1. The lowest BCUT2D eigenvalue weighted by Crippen LogP contribution is -2.45. The van der Waals surface area contributed by atoms with Gasteiger partial charge in [-0.3, -0.25) is 18.5 Å². The van der Waals surface area contributed by atoms with E-state index in [1.165, 1.54) is 42.3 Å². The summed E-state index contributed by atoms with van der Waals surface area (Å²) in [4.78, 5) is 34.1. The van der Waals surface area contributed by atoms with E-state index in [2.05, 4.69) is 48.1 Å². The topological polar surface area (TPSA) is 136 Å². The van der Waals surface area contributed by atoms with Crippen LogP contribution in [0.5, 0.6) is 0 Å². The molecule has 0 spiro atoms. The first kappa shape index (κ1) is 41.4. The summed E-state index contributed by atoms with van der Waals surface area (Å²) in [5, 5.41) is 6.83. The number of methoxy groups -OCH3 is 1. The number of amides is 2. The zero-order valence-electron chi connectivity index (χ0n) is 31.3. The van der Waals surface area contributed by atoms with Gasteiger partial charge < -0.3 is 15.8 Å². The molecule has 16 heteroatoms. The third-order valence-electron chi connectivity index (χ3n) is 7.79. The van der Waals surface area contributed by atoms with Crippen LogP contribution in [0, 0.1) is 5.41 Å². The zero-order valence-corrected chi connectivity index (χ0v) is 32.8. The predicted molar refractivity (Wildman–Crippen MR) is 206 cm³/mol. The third-order valence-corrected chi connectivity index (χ3v) is 8.83. The van der Waals surface area contributed by atoms with Crippen LogP contribution in [-0.2, 0) is 19.9 Å². The number of alkyl halides is 2. The van der Waals surface area contributed by atoms with Crippen molar-refractivity contribution in [1.82, 2.24) is 33.3 Å². The Bertz CT molecular complexity index is 1870. The van der Waals surface area contributed by atoms with E-state index in [0.29, 0.717) is 49.1 Å². The lowest BCUT2D eigenvalue weighted by Gasteiger charge is -2.30. The maximum Gasteiger partial charge on any atom is 0.333 e. The Morgan fingerprint density at radius 3 is 2.32 bits per heavy atom. The molecule has 12 nitrogen and oxygen atoms in total. The summed E-state index contributed by atoms with van der Waals surface area (Å²) in [5.41, 5.74) is 9.50. The second-order valence-corrected chi connectivity index (χ2v) is 16.3. The first-order valence-corrected chi connectivity index (χ1v) is 18.1. The van der Waals surface area contributed by atoms with E-state index in [1.807, 2.05) is 40.7 Å². The number of ether oxygens (including phenoxy) is 1. The van der Waals surface area contributed by atoms with Gasteiger partial charge in [-0.1, -0.05) is 69.6 Å². The van der Waals surface area contributed by atoms with Crippen molar-refractivity contribution < 1.29 is 23.1 Å². The van der Waals surface area contributed by atoms with Gasteiger partial charge in [0.05, 0.1) is 29.6 Å². The number of nitrogens with zero attached hydrogens (tertiary/aromatic N) is 7. The molecule has 1 saturated carbocycles. The van der Waals surface area contributed by atoms with Crippen molar-refractivity contribution >= 4 is 42.0 Å². The average molecular weight is 772 g/mol. The number of carbonyl (C=O) groups is 2. The highest BCUT2D eigenvalue weighted by Gasteiger charge is 2.48. The second kappa shape index (κ2) is 17.7. The molecular weight excluding hydrogens is 724 g/mol. The van der Waals surface area contributed by atoms with E-state index in [1.54, 1.807) is 50.7 Å². The van der Waals surface area contributed by atoms with Gasteiger partial charge in [0.1, 0.15) is 6.33 Å². The van der Waals surface area contributed by atoms with Crippen molar-refractivity contribution in [2.45, 2.75) is 71.6 Å². The van der Waals surface area contributed by atoms with Crippen molar-refractivity contribution in [3.05, 3.63) is 83.5 Å². The Morgan fingerprint density at radius 1 is 1.13 bits per heavy atom. The lowest BCUT2D eigenvalue weighted by molar-refractivity contribution is -0.133. The SMILES string of the molecule is CC(C)(C)C.COCC(c1ccc(Cl)c(-c2cn(SN(C)C)cn2)c1)N1C(=O)[C@@](C)(c2ccc(-c3cnn(C(F)F)c3)cc2)N=C1N.O=CNC1CC1. The number of nitrogens with two attached hydrogens (primary N) is 1. The number of carbonyl (C=O) groups excluding carboxylic acids is 2. The van der Waals surface area contributed by atoms with Crippen LogP contribution in [0.15, 0.2) is 72.4 Å². The van der Waals surface area contributed by atoms with Crippen LogP contribution in [0.2, 0.25) is 5.02 Å². The maximum absolute atomic E-state index is 14.0. The summed E-state index contributed by atoms with van der Waals surface area (Å²) < 4.78 is 35.8. The number of hydrogen-bond donors (Lipinski definition) is 2. The molecule has 6 rings (SSSR count). The molecule has 3 heterocycles. The molecule has 4 aromatic rings. The van der Waals surface area contributed by atoms with Crippen LogP contribution in [0.4, 0.5) is 8.78 Å². The zero-order chi connectivity index (χ0) is 39.1. The molecule has 1 unspecified atom stereocenters. The second-order valence-electron chi connectivity index (χ2n) is 14.6. The first-order valence-electron chi connectivity index (χ1n) is 17.0. The Morgan fingerprint density at radius 2 is 1.79 bits per heavy atom. The Labute approximate surface area is 319 Å². The molecule has 2 aliphatic rings. The van der Waals surface area contributed by atoms with Crippen LogP contribution >= 0.6 is 23.7 Å². The number of aliphatic imine (C=N–C) groups is 1. The summed E-state index contributed by atoms with van der Waals surface area (Å²) >= 11 is 8.04. The van der Waals surface area contributed by atoms with Crippen LogP contribution in [0.3, 0.4) is 0 Å². The van der Waals surface area contributed by atoms with Crippen molar-refractivity contribution in [3.63, 3.8) is 0 Å². The van der Waals surface area contributed by atoms with Gasteiger partial charge in [-0.15, -0.1) is 0 Å². The Hall–Kier alpha value is -4.31. The van der Waals surface area contributed by atoms with Crippen molar-refractivity contribution in [3.8, 4) is 22.4 Å². The summed E-state index contributed by atoms with van der Waals surface area (Å²) in [5.74, 6) is -0.279. The van der Waals surface area contributed by atoms with Gasteiger partial charge in [0.25, 0.3) is 5.91 Å². The van der Waals surface area contributed by atoms with E-state index in [-0.39, 0.29) is 18.5 Å². The fourth-order valence-electron chi connectivity index (χ4n) is 5.19. The van der Waals surface area contributed by atoms with Crippen LogP contribution in [0.1, 0.15) is 71.2 Å². The fourth-order valence-corrected chi connectivity index (χ4v) is 6.02. The van der Waals surface area contributed by atoms with Crippen LogP contribution in [0.25, 0.3) is 22.4 Å². The molecule has 3 N–H and O–H groups in total. The van der Waals surface area contributed by atoms with Gasteiger partial charge >= 0.3 is 6.55 Å². The smallest absolute Gasteiger partial charge is 0.333 e. The quantitative estimate of drug-likeness (QED) is 0.115. The molecule has 0 bridgehead atoms. The first-order chi connectivity index (χ1) is 24.9. The molecule has 0 radical (unpaired) electrons. The summed E-state index contributed by atoms with van der Waals surface area (Å²) in [7, 11) is 5.41. The fraction of sp³-hybridized carbons (Fsp3) is 0.432. The van der Waals surface area contributed by atoms with E-state index >= 15 is 0 Å². The average Bonchev–Trinajstić information content (AvgIpc) is 3.45. The van der Waals surface area contributed by atoms with E-state index in [4.69, 9.17) is 22.1 Å². The van der Waals surface area contributed by atoms with Crippen molar-refractivity contribution in [2.75, 3.05) is 27.8 Å². The number of rotatable bonds is 12. The van der Waals surface area contributed by atoms with Crippen LogP contribution in [-0.4, -0.2) is 80.1 Å². The summed E-state index contributed by atoms with van der Waals surface area (Å²) in [6, 6.07) is 12.3. The van der Waals surface area contributed by atoms with Gasteiger partial charge in [-0.05, 0) is 68.1 Å². The van der Waals surface area contributed by atoms with Gasteiger partial charge in [0, 0.05) is 48.8 Å². The number of guanidine groups is 1. The molecule has 2 aromatic carbocycles. The molecule has 2 atom stereocenters. The molecule has 2 aromatic heterocycles. The van der Waals surface area contributed by atoms with Crippen LogP contribution < -0.4 is 11.1 Å². The molecule has 286 valence electrons. The number of hydrogen-bond acceptors (Lipinski definition) is 9. The molecule has 1 aliphatic carbocycles. The number of aromatic nitrogens is 4. The van der Waals surface area contributed by atoms with Gasteiger partial charge in [-0.2, -0.15) is 13.9 Å². The minimum Gasteiger partial charge on any atom is -0.382 e. The Balaban J connectivity index is 0.000000492. The third kappa shape index (κ3) is 11.1. The highest BCUT2D eigenvalue weighted by molar-refractivity contribution is 7.95. The normalized spacial score (nSPS) is 17.6. The molecular formula is C37H48ClF2N9O3S. The monoisotopic (exact) mass is 771 g/mol. The molecule has 53 heavy (non-hydrogen) atoms. The largest absolute Gasteiger partial charge is 0.382 e. The predicted octanol–water partition coefficient (Wildman–Crippen LogP) is 7.14. The van der Waals surface area contributed by atoms with E-state index in [0.717, 1.165) is 12.0 Å². The minimum absolute atomic E-state index is 0.0509. The molecule has 0 saturated heterocycles.